The highest BCUT2D eigenvalue weighted by Gasteiger charge is 2.12. The first kappa shape index (κ1) is 17.7. The van der Waals surface area contributed by atoms with E-state index in [1.807, 2.05) is 74.5 Å². The van der Waals surface area contributed by atoms with Gasteiger partial charge in [-0.15, -0.1) is 0 Å². The summed E-state index contributed by atoms with van der Waals surface area (Å²) in [5, 5.41) is 8.30. The number of ether oxygens (including phenoxy) is 1. The number of rotatable bonds is 5. The van der Waals surface area contributed by atoms with Crippen molar-refractivity contribution >= 4 is 22.6 Å². The molecule has 1 N–H and O–H groups in total. The number of amides is 1. The van der Waals surface area contributed by atoms with Gasteiger partial charge in [-0.05, 0) is 49.7 Å². The fraction of sp³-hybridized carbons (Fsp3) is 0.136. The second kappa shape index (κ2) is 7.52. The van der Waals surface area contributed by atoms with E-state index in [-0.39, 0.29) is 12.5 Å². The van der Waals surface area contributed by atoms with Gasteiger partial charge in [0.15, 0.2) is 12.3 Å². The molecule has 0 bridgehead atoms. The van der Waals surface area contributed by atoms with E-state index < -0.39 is 0 Å². The van der Waals surface area contributed by atoms with Gasteiger partial charge in [-0.25, -0.2) is 9.67 Å². The summed E-state index contributed by atoms with van der Waals surface area (Å²) in [5.74, 6) is 0.430. The number of hydrogen-bond donors (Lipinski definition) is 1. The zero-order chi connectivity index (χ0) is 19.5. The highest BCUT2D eigenvalue weighted by molar-refractivity contribution is 5.94. The number of aryl methyl sites for hydroxylation is 2. The topological polar surface area (TPSA) is 69.0 Å². The zero-order valence-electron chi connectivity index (χ0n) is 15.7. The number of pyridine rings is 1. The highest BCUT2D eigenvalue weighted by atomic mass is 16.5. The smallest absolute Gasteiger partial charge is 0.262 e. The summed E-state index contributed by atoms with van der Waals surface area (Å²) in [6.45, 7) is 3.84. The van der Waals surface area contributed by atoms with Crippen LogP contribution in [-0.4, -0.2) is 27.3 Å². The van der Waals surface area contributed by atoms with E-state index in [0.29, 0.717) is 11.4 Å². The van der Waals surface area contributed by atoms with Crippen LogP contribution in [0.3, 0.4) is 0 Å². The number of anilines is 1. The Morgan fingerprint density at radius 3 is 2.68 bits per heavy atom. The van der Waals surface area contributed by atoms with E-state index in [9.17, 15) is 4.79 Å². The molecule has 1 amide bonds. The third-order valence-electron chi connectivity index (χ3n) is 4.35. The summed E-state index contributed by atoms with van der Waals surface area (Å²) < 4.78 is 7.35. The number of nitrogens with one attached hydrogen (secondary N) is 1. The molecule has 0 radical (unpaired) electrons. The van der Waals surface area contributed by atoms with Crippen molar-refractivity contribution < 1.29 is 9.53 Å². The average Bonchev–Trinajstić information content (AvgIpc) is 3.03. The Kier molecular flexibility index (Phi) is 4.76. The molecule has 0 aliphatic heterocycles. The van der Waals surface area contributed by atoms with Gasteiger partial charge in [-0.3, -0.25) is 4.79 Å². The highest BCUT2D eigenvalue weighted by Crippen LogP contribution is 2.23. The van der Waals surface area contributed by atoms with Gasteiger partial charge in [0.2, 0.25) is 0 Å². The SMILES string of the molecule is Cc1cccc(OCC(=O)Nc2cnc3c(c2)c(C)nn3-c2ccccc2)c1. The molecule has 2 heterocycles. The quantitative estimate of drug-likeness (QED) is 0.574. The van der Waals surface area contributed by atoms with E-state index in [2.05, 4.69) is 15.4 Å². The van der Waals surface area contributed by atoms with Crippen molar-refractivity contribution in [3.05, 3.63) is 78.1 Å². The fourth-order valence-corrected chi connectivity index (χ4v) is 3.01. The Labute approximate surface area is 162 Å². The van der Waals surface area contributed by atoms with Gasteiger partial charge in [0.1, 0.15) is 5.75 Å². The molecule has 4 aromatic rings. The number of para-hydroxylation sites is 1. The maximum Gasteiger partial charge on any atom is 0.262 e. The first-order valence-corrected chi connectivity index (χ1v) is 9.00. The lowest BCUT2D eigenvalue weighted by Gasteiger charge is -2.08. The van der Waals surface area contributed by atoms with Crippen LogP contribution in [0.1, 0.15) is 11.3 Å². The molecule has 0 aliphatic rings. The number of hydrogen-bond acceptors (Lipinski definition) is 4. The predicted molar refractivity (Wildman–Crippen MR) is 109 cm³/mol. The molecule has 140 valence electrons. The van der Waals surface area contributed by atoms with Crippen molar-refractivity contribution in [1.29, 1.82) is 0 Å². The summed E-state index contributed by atoms with van der Waals surface area (Å²) >= 11 is 0. The maximum absolute atomic E-state index is 12.2. The number of nitrogens with zero attached hydrogens (tertiary/aromatic N) is 3. The number of fused-ring (bicyclic) bond motifs is 1. The van der Waals surface area contributed by atoms with Crippen molar-refractivity contribution in [2.45, 2.75) is 13.8 Å². The Hall–Kier alpha value is -3.67. The first-order chi connectivity index (χ1) is 13.6. The van der Waals surface area contributed by atoms with Gasteiger partial charge in [0.25, 0.3) is 5.91 Å². The summed E-state index contributed by atoms with van der Waals surface area (Å²) in [4.78, 5) is 16.7. The van der Waals surface area contributed by atoms with Crippen LogP contribution >= 0.6 is 0 Å². The minimum absolute atomic E-state index is 0.0657. The lowest BCUT2D eigenvalue weighted by Crippen LogP contribution is -2.20. The molecular weight excluding hydrogens is 352 g/mol. The van der Waals surface area contributed by atoms with Crippen molar-refractivity contribution in [2.75, 3.05) is 11.9 Å². The van der Waals surface area contributed by atoms with Crippen LogP contribution in [0, 0.1) is 13.8 Å². The van der Waals surface area contributed by atoms with Crippen molar-refractivity contribution in [3.63, 3.8) is 0 Å². The second-order valence-electron chi connectivity index (χ2n) is 6.58. The molecule has 0 saturated heterocycles. The molecular formula is C22H20N4O2. The number of carbonyl (C=O) groups is 1. The molecule has 0 aliphatic carbocycles. The third kappa shape index (κ3) is 3.71. The summed E-state index contributed by atoms with van der Waals surface area (Å²) in [5.41, 5.74) is 4.23. The molecule has 2 aromatic carbocycles. The largest absolute Gasteiger partial charge is 0.484 e. The minimum Gasteiger partial charge on any atom is -0.484 e. The Balaban J connectivity index is 1.50. The van der Waals surface area contributed by atoms with E-state index in [1.54, 1.807) is 10.9 Å². The molecule has 0 atom stereocenters. The molecule has 2 aromatic heterocycles. The predicted octanol–water partition coefficient (Wildman–Crippen LogP) is 4.05. The van der Waals surface area contributed by atoms with E-state index in [0.717, 1.165) is 28.0 Å². The Morgan fingerprint density at radius 1 is 1.07 bits per heavy atom. The first-order valence-electron chi connectivity index (χ1n) is 9.00. The molecule has 0 spiro atoms. The fourth-order valence-electron chi connectivity index (χ4n) is 3.01. The zero-order valence-corrected chi connectivity index (χ0v) is 15.7. The molecule has 0 fully saturated rings. The lowest BCUT2D eigenvalue weighted by molar-refractivity contribution is -0.118. The molecule has 28 heavy (non-hydrogen) atoms. The third-order valence-corrected chi connectivity index (χ3v) is 4.35. The van der Waals surface area contributed by atoms with Gasteiger partial charge < -0.3 is 10.1 Å². The van der Waals surface area contributed by atoms with E-state index in [1.165, 1.54) is 0 Å². The van der Waals surface area contributed by atoms with Crippen molar-refractivity contribution in [3.8, 4) is 11.4 Å². The summed E-state index contributed by atoms with van der Waals surface area (Å²) in [6, 6.07) is 19.3. The van der Waals surface area contributed by atoms with Crippen LogP contribution in [0.2, 0.25) is 0 Å². The molecule has 6 nitrogen and oxygen atoms in total. The summed E-state index contributed by atoms with van der Waals surface area (Å²) in [6.07, 6.45) is 1.63. The standard InChI is InChI=1S/C22H20N4O2/c1-15-7-6-10-19(11-15)28-14-21(27)24-17-12-20-16(2)25-26(22(20)23-13-17)18-8-4-3-5-9-18/h3-13H,14H2,1-2H3,(H,24,27). The van der Waals surface area contributed by atoms with Crippen LogP contribution in [0.25, 0.3) is 16.7 Å². The molecule has 0 saturated carbocycles. The normalized spacial score (nSPS) is 10.8. The number of benzene rings is 2. The summed E-state index contributed by atoms with van der Waals surface area (Å²) in [7, 11) is 0. The van der Waals surface area contributed by atoms with Gasteiger partial charge in [0.05, 0.1) is 23.3 Å². The van der Waals surface area contributed by atoms with Gasteiger partial charge in [-0.2, -0.15) is 5.10 Å². The second-order valence-corrected chi connectivity index (χ2v) is 6.58. The van der Waals surface area contributed by atoms with Crippen LogP contribution in [-0.2, 0) is 4.79 Å². The Morgan fingerprint density at radius 2 is 1.89 bits per heavy atom. The van der Waals surface area contributed by atoms with Gasteiger partial charge >= 0.3 is 0 Å². The van der Waals surface area contributed by atoms with Gasteiger partial charge in [-0.1, -0.05) is 30.3 Å². The van der Waals surface area contributed by atoms with Crippen molar-refractivity contribution in [2.24, 2.45) is 0 Å². The van der Waals surface area contributed by atoms with Crippen molar-refractivity contribution in [1.82, 2.24) is 14.8 Å². The number of aromatic nitrogens is 3. The maximum atomic E-state index is 12.2. The molecule has 6 heteroatoms. The Bertz CT molecular complexity index is 1140. The monoisotopic (exact) mass is 372 g/mol. The average molecular weight is 372 g/mol. The molecule has 4 rings (SSSR count). The van der Waals surface area contributed by atoms with Crippen LogP contribution in [0.15, 0.2) is 66.9 Å². The van der Waals surface area contributed by atoms with E-state index >= 15 is 0 Å². The lowest BCUT2D eigenvalue weighted by atomic mass is 10.2. The minimum atomic E-state index is -0.240. The van der Waals surface area contributed by atoms with Crippen LogP contribution in [0.5, 0.6) is 5.75 Å². The van der Waals surface area contributed by atoms with Crippen LogP contribution < -0.4 is 10.1 Å². The van der Waals surface area contributed by atoms with Gasteiger partial charge in [0, 0.05) is 5.39 Å². The van der Waals surface area contributed by atoms with E-state index in [4.69, 9.17) is 4.74 Å². The van der Waals surface area contributed by atoms with Crippen LogP contribution in [0.4, 0.5) is 5.69 Å². The molecule has 0 unspecified atom stereocenters. The number of carbonyl (C=O) groups excluding carboxylic acids is 1.